The van der Waals surface area contributed by atoms with E-state index in [0.29, 0.717) is 18.1 Å². The van der Waals surface area contributed by atoms with Gasteiger partial charge in [-0.1, -0.05) is 72.8 Å². The molecule has 2 N–H and O–H groups in total. The standard InChI is InChI=1S/C22H19N3O2/c23-22-19-12-5-4-10-17(19)14-25(22)24-21(26)15-27-20-13-7-6-11-18(20)16-8-2-1-3-9-16/h1-13,23H,14-15H2,(H,24,26). The van der Waals surface area contributed by atoms with E-state index in [0.717, 1.165) is 22.3 Å². The minimum atomic E-state index is -0.296. The van der Waals surface area contributed by atoms with Crippen LogP contribution in [0.1, 0.15) is 11.1 Å². The topological polar surface area (TPSA) is 65.4 Å². The van der Waals surface area contributed by atoms with Crippen LogP contribution in [0.15, 0.2) is 78.9 Å². The molecule has 0 spiro atoms. The van der Waals surface area contributed by atoms with Crippen LogP contribution in [0.4, 0.5) is 0 Å². The summed E-state index contributed by atoms with van der Waals surface area (Å²) in [6, 6.07) is 25.2. The Kier molecular flexibility index (Phi) is 4.58. The van der Waals surface area contributed by atoms with Gasteiger partial charge >= 0.3 is 0 Å². The Hall–Kier alpha value is -3.60. The van der Waals surface area contributed by atoms with Crippen molar-refractivity contribution in [3.05, 3.63) is 90.0 Å². The van der Waals surface area contributed by atoms with Gasteiger partial charge in [0.25, 0.3) is 5.91 Å². The molecule has 0 atom stereocenters. The first-order chi connectivity index (χ1) is 13.2. The molecule has 1 aliphatic heterocycles. The lowest BCUT2D eigenvalue weighted by Gasteiger charge is -2.19. The fourth-order valence-electron chi connectivity index (χ4n) is 3.15. The summed E-state index contributed by atoms with van der Waals surface area (Å²) in [5, 5.41) is 9.74. The number of amidine groups is 1. The van der Waals surface area contributed by atoms with E-state index in [-0.39, 0.29) is 12.5 Å². The summed E-state index contributed by atoms with van der Waals surface area (Å²) < 4.78 is 5.77. The van der Waals surface area contributed by atoms with Crippen molar-refractivity contribution in [2.24, 2.45) is 0 Å². The fourth-order valence-corrected chi connectivity index (χ4v) is 3.15. The van der Waals surface area contributed by atoms with Gasteiger partial charge in [-0.25, -0.2) is 0 Å². The summed E-state index contributed by atoms with van der Waals surface area (Å²) in [7, 11) is 0. The van der Waals surface area contributed by atoms with Gasteiger partial charge < -0.3 is 4.74 Å². The highest BCUT2D eigenvalue weighted by molar-refractivity contribution is 6.01. The van der Waals surface area contributed by atoms with Crippen molar-refractivity contribution in [3.63, 3.8) is 0 Å². The van der Waals surface area contributed by atoms with E-state index in [1.54, 1.807) is 5.01 Å². The third-order valence-electron chi connectivity index (χ3n) is 4.46. The number of nitrogens with zero attached hydrogens (tertiary/aromatic N) is 1. The Morgan fingerprint density at radius 2 is 1.59 bits per heavy atom. The van der Waals surface area contributed by atoms with Gasteiger partial charge in [-0.3, -0.25) is 20.6 Å². The van der Waals surface area contributed by atoms with E-state index < -0.39 is 0 Å². The number of hydrogen-bond donors (Lipinski definition) is 2. The van der Waals surface area contributed by atoms with Crippen LogP contribution >= 0.6 is 0 Å². The van der Waals surface area contributed by atoms with Gasteiger partial charge in [0, 0.05) is 11.1 Å². The Labute approximate surface area is 157 Å². The van der Waals surface area contributed by atoms with Gasteiger partial charge in [0.15, 0.2) is 6.61 Å². The number of fused-ring (bicyclic) bond motifs is 1. The summed E-state index contributed by atoms with van der Waals surface area (Å²) in [6.45, 7) is 0.366. The Morgan fingerprint density at radius 3 is 2.37 bits per heavy atom. The van der Waals surface area contributed by atoms with Crippen molar-refractivity contribution in [3.8, 4) is 16.9 Å². The molecule has 134 valence electrons. The lowest BCUT2D eigenvalue weighted by molar-refractivity contribution is -0.126. The predicted molar refractivity (Wildman–Crippen MR) is 104 cm³/mol. The second-order valence-electron chi connectivity index (χ2n) is 6.28. The molecule has 0 saturated carbocycles. The van der Waals surface area contributed by atoms with Crippen molar-refractivity contribution in [2.45, 2.75) is 6.54 Å². The Balaban J connectivity index is 1.41. The van der Waals surface area contributed by atoms with Crippen LogP contribution in [0.5, 0.6) is 5.75 Å². The van der Waals surface area contributed by atoms with E-state index in [1.807, 2.05) is 78.9 Å². The van der Waals surface area contributed by atoms with E-state index in [9.17, 15) is 4.79 Å². The summed E-state index contributed by atoms with van der Waals surface area (Å²) in [4.78, 5) is 12.3. The van der Waals surface area contributed by atoms with Crippen molar-refractivity contribution < 1.29 is 9.53 Å². The van der Waals surface area contributed by atoms with E-state index >= 15 is 0 Å². The minimum Gasteiger partial charge on any atom is -0.483 e. The average molecular weight is 357 g/mol. The number of ether oxygens (including phenoxy) is 1. The highest BCUT2D eigenvalue weighted by Gasteiger charge is 2.25. The molecule has 1 amide bonds. The molecule has 3 aromatic carbocycles. The Bertz CT molecular complexity index is 986. The maximum absolute atomic E-state index is 12.3. The number of hydrazine groups is 1. The van der Waals surface area contributed by atoms with Crippen molar-refractivity contribution in [1.82, 2.24) is 10.4 Å². The number of benzene rings is 3. The zero-order valence-electron chi connectivity index (χ0n) is 14.7. The summed E-state index contributed by atoms with van der Waals surface area (Å²) >= 11 is 0. The molecule has 5 heteroatoms. The maximum Gasteiger partial charge on any atom is 0.276 e. The molecule has 4 rings (SSSR count). The largest absolute Gasteiger partial charge is 0.483 e. The van der Waals surface area contributed by atoms with Crippen LogP contribution in [0.3, 0.4) is 0 Å². The van der Waals surface area contributed by atoms with Crippen LogP contribution in [0, 0.1) is 5.41 Å². The summed E-state index contributed by atoms with van der Waals surface area (Å²) in [5.74, 6) is 0.651. The average Bonchev–Trinajstić information content (AvgIpc) is 3.03. The molecule has 0 fully saturated rings. The Morgan fingerprint density at radius 1 is 0.926 bits per heavy atom. The van der Waals surface area contributed by atoms with Crippen LogP contribution in [0.2, 0.25) is 0 Å². The predicted octanol–water partition coefficient (Wildman–Crippen LogP) is 3.60. The highest BCUT2D eigenvalue weighted by atomic mass is 16.5. The van der Waals surface area contributed by atoms with Gasteiger partial charge in [0.05, 0.1) is 6.54 Å². The fraction of sp³-hybridized carbons (Fsp3) is 0.0909. The van der Waals surface area contributed by atoms with Gasteiger partial charge in [0.2, 0.25) is 0 Å². The van der Waals surface area contributed by atoms with Gasteiger partial charge in [-0.2, -0.15) is 0 Å². The van der Waals surface area contributed by atoms with Crippen LogP contribution < -0.4 is 10.2 Å². The van der Waals surface area contributed by atoms with Gasteiger partial charge in [0.1, 0.15) is 11.6 Å². The summed E-state index contributed by atoms with van der Waals surface area (Å²) in [5.41, 5.74) is 6.59. The molecular weight excluding hydrogens is 338 g/mol. The zero-order valence-corrected chi connectivity index (χ0v) is 14.7. The number of carbonyl (C=O) groups excluding carboxylic acids is 1. The quantitative estimate of drug-likeness (QED) is 0.733. The first-order valence-electron chi connectivity index (χ1n) is 8.73. The molecule has 1 aliphatic rings. The molecule has 0 bridgehead atoms. The molecule has 0 saturated heterocycles. The normalized spacial score (nSPS) is 12.6. The molecule has 0 aliphatic carbocycles. The molecule has 0 unspecified atom stereocenters. The monoisotopic (exact) mass is 357 g/mol. The van der Waals surface area contributed by atoms with E-state index in [2.05, 4.69) is 5.43 Å². The van der Waals surface area contributed by atoms with Crippen LogP contribution in [-0.2, 0) is 11.3 Å². The molecule has 1 heterocycles. The minimum absolute atomic E-state index is 0.121. The molecule has 27 heavy (non-hydrogen) atoms. The third kappa shape index (κ3) is 3.53. The number of amides is 1. The van der Waals surface area contributed by atoms with Gasteiger partial charge in [-0.15, -0.1) is 0 Å². The number of carbonyl (C=O) groups is 1. The van der Waals surface area contributed by atoms with E-state index in [1.165, 1.54) is 0 Å². The van der Waals surface area contributed by atoms with Crippen LogP contribution in [-0.4, -0.2) is 23.4 Å². The highest BCUT2D eigenvalue weighted by Crippen LogP contribution is 2.29. The molecular formula is C22H19N3O2. The second kappa shape index (κ2) is 7.33. The third-order valence-corrected chi connectivity index (χ3v) is 4.46. The number of para-hydroxylation sites is 1. The number of rotatable bonds is 5. The lowest BCUT2D eigenvalue weighted by atomic mass is 10.1. The number of nitrogens with one attached hydrogen (secondary N) is 2. The zero-order chi connectivity index (χ0) is 18.6. The lowest BCUT2D eigenvalue weighted by Crippen LogP contribution is -2.44. The molecule has 0 radical (unpaired) electrons. The first-order valence-corrected chi connectivity index (χ1v) is 8.73. The maximum atomic E-state index is 12.3. The first kappa shape index (κ1) is 16.8. The molecule has 0 aromatic heterocycles. The van der Waals surface area contributed by atoms with Crippen LogP contribution in [0.25, 0.3) is 11.1 Å². The van der Waals surface area contributed by atoms with E-state index in [4.69, 9.17) is 10.1 Å². The van der Waals surface area contributed by atoms with Crippen molar-refractivity contribution in [2.75, 3.05) is 6.61 Å². The molecule has 3 aromatic rings. The number of hydrogen-bond acceptors (Lipinski definition) is 3. The second-order valence-corrected chi connectivity index (χ2v) is 6.28. The van der Waals surface area contributed by atoms with Crippen molar-refractivity contribution >= 4 is 11.7 Å². The summed E-state index contributed by atoms with van der Waals surface area (Å²) in [6.07, 6.45) is 0. The van der Waals surface area contributed by atoms with Crippen molar-refractivity contribution in [1.29, 1.82) is 5.41 Å². The molecule has 5 nitrogen and oxygen atoms in total. The SMILES string of the molecule is N=C1c2ccccc2CN1NC(=O)COc1ccccc1-c1ccccc1. The van der Waals surface area contributed by atoms with Gasteiger partial charge in [-0.05, 0) is 17.2 Å². The smallest absolute Gasteiger partial charge is 0.276 e.